The molecule has 0 fully saturated rings. The van der Waals surface area contributed by atoms with E-state index in [4.69, 9.17) is 0 Å². The van der Waals surface area contributed by atoms with Crippen LogP contribution in [0.5, 0.6) is 0 Å². The lowest BCUT2D eigenvalue weighted by Gasteiger charge is -2.51. The van der Waals surface area contributed by atoms with Crippen LogP contribution in [0.3, 0.4) is 0 Å². The number of aliphatic carboxylic acids is 1. The Labute approximate surface area is 185 Å². The third-order valence-electron chi connectivity index (χ3n) is 5.82. The Morgan fingerprint density at radius 2 is 1.33 bits per heavy atom. The van der Waals surface area contributed by atoms with Crippen LogP contribution in [-0.2, 0) is 14.9 Å². The molecule has 2 atom stereocenters. The first-order chi connectivity index (χ1) is 13.6. The summed E-state index contributed by atoms with van der Waals surface area (Å²) < 4.78 is 35.2. The van der Waals surface area contributed by atoms with Gasteiger partial charge in [-0.15, -0.1) is 0 Å². The van der Waals surface area contributed by atoms with Crippen LogP contribution in [0.25, 0.3) is 0 Å². The van der Waals surface area contributed by atoms with Gasteiger partial charge in [0.2, 0.25) is 4.87 Å². The van der Waals surface area contributed by atoms with Crippen LogP contribution < -0.4 is 10.4 Å². The Bertz CT molecular complexity index is 608. The van der Waals surface area contributed by atoms with Gasteiger partial charge in [0.05, 0.1) is 21.1 Å². The van der Waals surface area contributed by atoms with Gasteiger partial charge in [0, 0.05) is 5.41 Å². The molecule has 0 spiro atoms. The summed E-state index contributed by atoms with van der Waals surface area (Å²) in [5, 5.41) is 15.0. The summed E-state index contributed by atoms with van der Waals surface area (Å²) in [4.78, 5) is 9.97. The van der Waals surface area contributed by atoms with Gasteiger partial charge in [0.1, 0.15) is 5.97 Å². The van der Waals surface area contributed by atoms with Crippen molar-refractivity contribution in [3.8, 4) is 0 Å². The van der Waals surface area contributed by atoms with Crippen molar-refractivity contribution in [2.24, 2.45) is 5.41 Å². The summed E-state index contributed by atoms with van der Waals surface area (Å²) in [7, 11) is 0.00307. The second-order valence-corrected chi connectivity index (χ2v) is 12.0. The summed E-state index contributed by atoms with van der Waals surface area (Å²) in [5.74, 6) is -1.51. The SMILES string of the molecule is CCCCCCCCCCCCNC(C(C(=O)[O-])[N+](C)(C)C)(C(C)(C)C)S(=O)(=O)O. The topological polar surface area (TPSA) is 107 Å². The van der Waals surface area contributed by atoms with E-state index in [1.54, 1.807) is 41.9 Å². The fourth-order valence-corrected chi connectivity index (χ4v) is 6.06. The van der Waals surface area contributed by atoms with E-state index >= 15 is 0 Å². The third kappa shape index (κ3) is 8.44. The maximum absolute atomic E-state index is 12.6. The number of nitrogens with zero attached hydrogens (tertiary/aromatic N) is 1. The molecule has 0 saturated carbocycles. The highest BCUT2D eigenvalue weighted by Crippen LogP contribution is 2.40. The largest absolute Gasteiger partial charge is 0.544 e. The Kier molecular flexibility index (Phi) is 12.1. The van der Waals surface area contributed by atoms with E-state index in [2.05, 4.69) is 12.2 Å². The number of carbonyl (C=O) groups excluding carboxylic acids is 1. The minimum atomic E-state index is -4.77. The molecule has 0 aromatic heterocycles. The van der Waals surface area contributed by atoms with E-state index in [0.717, 1.165) is 19.3 Å². The van der Waals surface area contributed by atoms with Crippen molar-refractivity contribution >= 4 is 16.1 Å². The summed E-state index contributed by atoms with van der Waals surface area (Å²) >= 11 is 0. The third-order valence-corrected chi connectivity index (χ3v) is 7.62. The first-order valence-electron chi connectivity index (χ1n) is 11.4. The first-order valence-corrected chi connectivity index (χ1v) is 12.8. The molecule has 0 aliphatic carbocycles. The van der Waals surface area contributed by atoms with Gasteiger partial charge in [-0.05, 0) is 13.0 Å². The van der Waals surface area contributed by atoms with Gasteiger partial charge in [-0.3, -0.25) is 9.87 Å². The highest BCUT2D eigenvalue weighted by molar-refractivity contribution is 7.87. The van der Waals surface area contributed by atoms with Crippen molar-refractivity contribution in [1.82, 2.24) is 5.32 Å². The Balaban J connectivity index is 5.07. The summed E-state index contributed by atoms with van der Waals surface area (Å²) in [5.41, 5.74) is -1.09. The molecule has 2 unspecified atom stereocenters. The van der Waals surface area contributed by atoms with Crippen LogP contribution in [0.4, 0.5) is 0 Å². The number of carbonyl (C=O) groups is 1. The molecule has 0 radical (unpaired) electrons. The second-order valence-electron chi connectivity index (χ2n) is 10.4. The van der Waals surface area contributed by atoms with Crippen LogP contribution in [0.2, 0.25) is 0 Å². The van der Waals surface area contributed by atoms with Crippen LogP contribution >= 0.6 is 0 Å². The number of likely N-dealkylation sites (N-methyl/N-ethyl adjacent to an activating group) is 1. The number of carboxylic acid groups (broad SMARTS) is 1. The predicted molar refractivity (Wildman–Crippen MR) is 120 cm³/mol. The minimum Gasteiger partial charge on any atom is -0.544 e. The molecular formula is C22H46N2O5S. The number of carboxylic acids is 1. The summed E-state index contributed by atoms with van der Waals surface area (Å²) in [6.45, 7) is 7.38. The van der Waals surface area contributed by atoms with Gasteiger partial charge in [-0.1, -0.05) is 85.5 Å². The van der Waals surface area contributed by atoms with E-state index in [9.17, 15) is 22.9 Å². The Morgan fingerprint density at radius 1 is 0.933 bits per heavy atom. The van der Waals surface area contributed by atoms with Crippen LogP contribution in [0.1, 0.15) is 91.9 Å². The molecule has 180 valence electrons. The lowest BCUT2D eigenvalue weighted by Crippen LogP contribution is -2.77. The fourth-order valence-electron chi connectivity index (χ4n) is 4.31. The first kappa shape index (κ1) is 29.3. The zero-order valence-electron chi connectivity index (χ0n) is 20.3. The average Bonchev–Trinajstić information content (AvgIpc) is 2.54. The maximum Gasteiger partial charge on any atom is 0.291 e. The number of nitrogens with one attached hydrogen (secondary N) is 1. The maximum atomic E-state index is 12.6. The molecule has 0 aliphatic heterocycles. The average molecular weight is 451 g/mol. The van der Waals surface area contributed by atoms with Gasteiger partial charge in [0.15, 0.2) is 6.04 Å². The quantitative estimate of drug-likeness (QED) is 0.213. The molecule has 8 heteroatoms. The van der Waals surface area contributed by atoms with Crippen LogP contribution in [0.15, 0.2) is 0 Å². The number of quaternary nitrogens is 1. The van der Waals surface area contributed by atoms with E-state index < -0.39 is 32.4 Å². The van der Waals surface area contributed by atoms with E-state index in [-0.39, 0.29) is 4.48 Å². The fraction of sp³-hybridized carbons (Fsp3) is 0.955. The molecule has 2 N–H and O–H groups in total. The zero-order chi connectivity index (χ0) is 23.6. The van der Waals surface area contributed by atoms with E-state index in [1.165, 1.54) is 38.5 Å². The highest BCUT2D eigenvalue weighted by Gasteiger charge is 2.63. The number of rotatable bonds is 16. The molecule has 0 aliphatic rings. The van der Waals surface area contributed by atoms with Crippen molar-refractivity contribution in [1.29, 1.82) is 0 Å². The van der Waals surface area contributed by atoms with Crippen LogP contribution in [0, 0.1) is 5.41 Å². The Morgan fingerprint density at radius 3 is 1.63 bits per heavy atom. The van der Waals surface area contributed by atoms with Crippen LogP contribution in [-0.4, -0.2) is 62.0 Å². The molecule has 0 rings (SSSR count). The zero-order valence-corrected chi connectivity index (χ0v) is 21.1. The number of hydrogen-bond acceptors (Lipinski definition) is 5. The van der Waals surface area contributed by atoms with E-state index in [1.807, 2.05) is 0 Å². The number of unbranched alkanes of at least 4 members (excludes halogenated alkanes) is 9. The van der Waals surface area contributed by atoms with Crippen molar-refractivity contribution in [2.45, 2.75) is 103 Å². The lowest BCUT2D eigenvalue weighted by molar-refractivity contribution is -0.893. The van der Waals surface area contributed by atoms with Crippen molar-refractivity contribution in [2.75, 3.05) is 27.7 Å². The predicted octanol–water partition coefficient (Wildman–Crippen LogP) is 2.95. The summed E-state index contributed by atoms with van der Waals surface area (Å²) in [6, 6.07) is -1.49. The molecule has 0 aromatic rings. The van der Waals surface area contributed by atoms with Gasteiger partial charge >= 0.3 is 0 Å². The standard InChI is InChI=1S/C22H46N2O5S/c1-8-9-10-11-12-13-14-15-16-17-18-23-22(21(2,3)4,30(27,28)29)19(20(25)26)24(5,6)7/h19,23H,8-18H2,1-7H3,(H-,25,26,27,28,29). The molecule has 0 bridgehead atoms. The molecule has 7 nitrogen and oxygen atoms in total. The number of hydrogen-bond donors (Lipinski definition) is 2. The molecule has 0 amide bonds. The molecule has 0 aromatic carbocycles. The molecule has 0 saturated heterocycles. The smallest absolute Gasteiger partial charge is 0.291 e. The van der Waals surface area contributed by atoms with Crippen molar-refractivity contribution < 1.29 is 27.4 Å². The van der Waals surface area contributed by atoms with Crippen molar-refractivity contribution in [3.63, 3.8) is 0 Å². The molecule has 30 heavy (non-hydrogen) atoms. The Hall–Kier alpha value is -0.700. The second kappa shape index (κ2) is 12.4. The van der Waals surface area contributed by atoms with Gasteiger partial charge < -0.3 is 14.4 Å². The lowest BCUT2D eigenvalue weighted by atomic mass is 9.80. The summed E-state index contributed by atoms with van der Waals surface area (Å²) in [6.07, 6.45) is 11.4. The van der Waals surface area contributed by atoms with E-state index in [0.29, 0.717) is 13.0 Å². The van der Waals surface area contributed by atoms with Gasteiger partial charge in [0.25, 0.3) is 10.1 Å². The normalized spacial score (nSPS) is 16.3. The monoisotopic (exact) mass is 450 g/mol. The highest BCUT2D eigenvalue weighted by atomic mass is 32.2. The van der Waals surface area contributed by atoms with Gasteiger partial charge in [-0.2, -0.15) is 8.42 Å². The minimum absolute atomic E-state index is 0.204. The van der Waals surface area contributed by atoms with Gasteiger partial charge in [-0.25, -0.2) is 0 Å². The molecular weight excluding hydrogens is 404 g/mol. The van der Waals surface area contributed by atoms with Crippen molar-refractivity contribution in [3.05, 3.63) is 0 Å². The molecule has 0 heterocycles.